The van der Waals surface area contributed by atoms with Crippen LogP contribution in [0.1, 0.15) is 12.5 Å². The smallest absolute Gasteiger partial charge is 0.189 e. The molecule has 0 aliphatic carbocycles. The van der Waals surface area contributed by atoms with E-state index in [4.69, 9.17) is 10.5 Å². The molecule has 0 unspecified atom stereocenters. The Morgan fingerprint density at radius 1 is 1.53 bits per heavy atom. The van der Waals surface area contributed by atoms with Gasteiger partial charge in [0.05, 0.1) is 18.1 Å². The van der Waals surface area contributed by atoms with Crippen LogP contribution in [0.15, 0.2) is 39.8 Å². The first kappa shape index (κ1) is 18.2. The highest BCUT2D eigenvalue weighted by Crippen LogP contribution is 2.25. The first-order chi connectivity index (χ1) is 8.52. The molecule has 1 rings (SSSR count). The van der Waals surface area contributed by atoms with Gasteiger partial charge in [-0.1, -0.05) is 18.2 Å². The van der Waals surface area contributed by atoms with Crippen molar-refractivity contribution in [1.82, 2.24) is 5.32 Å². The van der Waals surface area contributed by atoms with Crippen molar-refractivity contribution in [2.24, 2.45) is 10.7 Å². The Hall–Kier alpha value is -0.760. The van der Waals surface area contributed by atoms with E-state index >= 15 is 0 Å². The molecule has 1 aromatic carbocycles. The van der Waals surface area contributed by atoms with Gasteiger partial charge in [0.1, 0.15) is 5.75 Å². The van der Waals surface area contributed by atoms with Gasteiger partial charge in [-0.2, -0.15) is 0 Å². The van der Waals surface area contributed by atoms with E-state index in [2.05, 4.69) is 32.8 Å². The van der Waals surface area contributed by atoms with Crippen LogP contribution >= 0.6 is 39.9 Å². The minimum absolute atomic E-state index is 0. The first-order valence-corrected chi connectivity index (χ1v) is 6.33. The molecule has 106 valence electrons. The Kier molecular flexibility index (Phi) is 8.82. The predicted octanol–water partition coefficient (Wildman–Crippen LogP) is 3.06. The Bertz CT molecular complexity index is 463. The molecule has 0 aliphatic heterocycles. The summed E-state index contributed by atoms with van der Waals surface area (Å²) in [5.74, 6) is 1.22. The second-order valence-electron chi connectivity index (χ2n) is 3.98. The molecule has 4 nitrogen and oxygen atoms in total. The summed E-state index contributed by atoms with van der Waals surface area (Å²) >= 11 is 3.43. The zero-order valence-corrected chi connectivity index (χ0v) is 15.0. The summed E-state index contributed by atoms with van der Waals surface area (Å²) in [6.07, 6.45) is 0. The van der Waals surface area contributed by atoms with Crippen LogP contribution < -0.4 is 15.8 Å². The molecular formula is C13H19BrIN3O. The van der Waals surface area contributed by atoms with E-state index in [-0.39, 0.29) is 24.0 Å². The monoisotopic (exact) mass is 439 g/mol. The molecule has 6 heteroatoms. The highest BCUT2D eigenvalue weighted by molar-refractivity contribution is 14.0. The number of hydrogen-bond acceptors (Lipinski definition) is 2. The molecule has 0 heterocycles. The maximum Gasteiger partial charge on any atom is 0.189 e. The van der Waals surface area contributed by atoms with E-state index in [9.17, 15) is 0 Å². The van der Waals surface area contributed by atoms with Gasteiger partial charge in [0.25, 0.3) is 0 Å². The zero-order chi connectivity index (χ0) is 13.5. The fraction of sp³-hybridized carbons (Fsp3) is 0.308. The second-order valence-corrected chi connectivity index (χ2v) is 4.84. The largest absolute Gasteiger partial charge is 0.496 e. The molecule has 0 fully saturated rings. The average molecular weight is 440 g/mol. The average Bonchev–Trinajstić information content (AvgIpc) is 2.34. The van der Waals surface area contributed by atoms with Gasteiger partial charge in [-0.25, -0.2) is 4.99 Å². The van der Waals surface area contributed by atoms with Gasteiger partial charge in [0.2, 0.25) is 0 Å². The van der Waals surface area contributed by atoms with Gasteiger partial charge in [-0.15, -0.1) is 24.0 Å². The molecule has 0 bridgehead atoms. The molecule has 0 saturated carbocycles. The van der Waals surface area contributed by atoms with Gasteiger partial charge >= 0.3 is 0 Å². The maximum atomic E-state index is 5.73. The molecule has 0 aromatic heterocycles. The molecule has 0 aliphatic rings. The lowest BCUT2D eigenvalue weighted by Gasteiger charge is -2.06. The third-order valence-corrected chi connectivity index (χ3v) is 2.84. The molecule has 0 atom stereocenters. The van der Waals surface area contributed by atoms with Crippen molar-refractivity contribution in [2.75, 3.05) is 13.7 Å². The van der Waals surface area contributed by atoms with Crippen molar-refractivity contribution >= 4 is 45.9 Å². The van der Waals surface area contributed by atoms with E-state index in [0.29, 0.717) is 19.0 Å². The van der Waals surface area contributed by atoms with E-state index in [1.807, 2.05) is 25.1 Å². The third-order valence-electron chi connectivity index (χ3n) is 2.22. The molecular weight excluding hydrogens is 421 g/mol. The Morgan fingerprint density at radius 2 is 2.21 bits per heavy atom. The third kappa shape index (κ3) is 6.81. The van der Waals surface area contributed by atoms with Crippen LogP contribution in [0.25, 0.3) is 0 Å². The SMILES string of the molecule is C=C(C)CNC(N)=NCc1ccc(OC)c(Br)c1.I. The van der Waals surface area contributed by atoms with Crippen LogP contribution in [0.2, 0.25) is 0 Å². The molecule has 0 saturated heterocycles. The fourth-order valence-electron chi connectivity index (χ4n) is 1.28. The molecule has 1 aromatic rings. The van der Waals surface area contributed by atoms with E-state index in [0.717, 1.165) is 21.4 Å². The van der Waals surface area contributed by atoms with Gasteiger partial charge in [-0.3, -0.25) is 0 Å². The van der Waals surface area contributed by atoms with Gasteiger partial charge < -0.3 is 15.8 Å². The lowest BCUT2D eigenvalue weighted by molar-refractivity contribution is 0.412. The second kappa shape index (κ2) is 9.19. The summed E-state index contributed by atoms with van der Waals surface area (Å²) in [7, 11) is 1.64. The van der Waals surface area contributed by atoms with Crippen LogP contribution in [0, 0.1) is 0 Å². The maximum absolute atomic E-state index is 5.73. The van der Waals surface area contributed by atoms with Crippen molar-refractivity contribution in [2.45, 2.75) is 13.5 Å². The van der Waals surface area contributed by atoms with Crippen molar-refractivity contribution in [3.63, 3.8) is 0 Å². The highest BCUT2D eigenvalue weighted by Gasteiger charge is 2.01. The van der Waals surface area contributed by atoms with E-state index in [1.54, 1.807) is 7.11 Å². The number of aliphatic imine (C=N–C) groups is 1. The predicted molar refractivity (Wildman–Crippen MR) is 94.3 cm³/mol. The summed E-state index contributed by atoms with van der Waals surface area (Å²) < 4.78 is 6.07. The summed E-state index contributed by atoms with van der Waals surface area (Å²) in [6, 6.07) is 5.82. The summed E-state index contributed by atoms with van der Waals surface area (Å²) in [4.78, 5) is 4.24. The van der Waals surface area contributed by atoms with Gasteiger partial charge in [-0.05, 0) is 40.5 Å². The summed E-state index contributed by atoms with van der Waals surface area (Å²) in [5, 5.41) is 2.98. The number of nitrogens with zero attached hydrogens (tertiary/aromatic N) is 1. The topological polar surface area (TPSA) is 59.6 Å². The number of guanidine groups is 1. The number of ether oxygens (including phenoxy) is 1. The minimum Gasteiger partial charge on any atom is -0.496 e. The lowest BCUT2D eigenvalue weighted by atomic mass is 10.2. The fourth-order valence-corrected chi connectivity index (χ4v) is 1.87. The Labute approximate surface area is 139 Å². The Morgan fingerprint density at radius 3 is 2.74 bits per heavy atom. The van der Waals surface area contributed by atoms with Gasteiger partial charge in [0.15, 0.2) is 5.96 Å². The van der Waals surface area contributed by atoms with Crippen LogP contribution in [-0.2, 0) is 6.54 Å². The molecule has 0 spiro atoms. The van der Waals surface area contributed by atoms with Crippen molar-refractivity contribution in [3.05, 3.63) is 40.4 Å². The number of nitrogens with two attached hydrogens (primary N) is 1. The lowest BCUT2D eigenvalue weighted by Crippen LogP contribution is -2.32. The standard InChI is InChI=1S/C13H18BrN3O.HI/c1-9(2)7-16-13(15)17-8-10-4-5-12(18-3)11(14)6-10;/h4-6H,1,7-8H2,2-3H3,(H3,15,16,17);1H. The quantitative estimate of drug-likeness (QED) is 0.321. The molecule has 0 radical (unpaired) electrons. The van der Waals surface area contributed by atoms with Crippen molar-refractivity contribution in [3.8, 4) is 5.75 Å². The molecule has 3 N–H and O–H groups in total. The van der Waals surface area contributed by atoms with Crippen LogP contribution in [-0.4, -0.2) is 19.6 Å². The number of halogens is 2. The first-order valence-electron chi connectivity index (χ1n) is 5.53. The number of benzene rings is 1. The molecule has 0 amide bonds. The van der Waals surface area contributed by atoms with Crippen LogP contribution in [0.4, 0.5) is 0 Å². The normalized spacial score (nSPS) is 10.6. The van der Waals surface area contributed by atoms with Crippen LogP contribution in [0.5, 0.6) is 5.75 Å². The van der Waals surface area contributed by atoms with Gasteiger partial charge in [0, 0.05) is 6.54 Å². The van der Waals surface area contributed by atoms with Crippen molar-refractivity contribution < 1.29 is 4.74 Å². The molecule has 19 heavy (non-hydrogen) atoms. The van der Waals surface area contributed by atoms with Crippen molar-refractivity contribution in [1.29, 1.82) is 0 Å². The number of rotatable bonds is 5. The number of nitrogens with one attached hydrogen (secondary N) is 1. The Balaban J connectivity index is 0.00000324. The highest BCUT2D eigenvalue weighted by atomic mass is 127. The number of hydrogen-bond donors (Lipinski definition) is 2. The van der Waals surface area contributed by atoms with E-state index < -0.39 is 0 Å². The number of methoxy groups -OCH3 is 1. The zero-order valence-electron chi connectivity index (χ0n) is 11.1. The minimum atomic E-state index is 0. The summed E-state index contributed by atoms with van der Waals surface area (Å²) in [5.41, 5.74) is 7.80. The van der Waals surface area contributed by atoms with E-state index in [1.165, 1.54) is 0 Å². The van der Waals surface area contributed by atoms with Crippen LogP contribution in [0.3, 0.4) is 0 Å². The summed E-state index contributed by atoms with van der Waals surface area (Å²) in [6.45, 7) is 6.88.